The van der Waals surface area contributed by atoms with Crippen LogP contribution in [0.1, 0.15) is 44.0 Å². The van der Waals surface area contributed by atoms with Crippen LogP contribution in [-0.2, 0) is 21.5 Å². The molecule has 0 saturated carbocycles. The van der Waals surface area contributed by atoms with Gasteiger partial charge in [0.2, 0.25) is 11.8 Å². The second-order valence-electron chi connectivity index (χ2n) is 7.46. The fourth-order valence-corrected chi connectivity index (χ4v) is 3.73. The Kier molecular flexibility index (Phi) is 5.11. The predicted molar refractivity (Wildman–Crippen MR) is 99.4 cm³/mol. The van der Waals surface area contributed by atoms with E-state index in [-0.39, 0.29) is 18.4 Å². The molecule has 2 N–H and O–H groups in total. The first kappa shape index (κ1) is 18.2. The molecule has 0 aliphatic carbocycles. The largest absolute Gasteiger partial charge is 0.368 e. The Bertz CT molecular complexity index is 782. The fraction of sp³-hybridized carbons (Fsp3) is 0.450. The SMILES string of the molecule is CC(C)(C(=O)N1CCC[C@@H](c2nccn2CC(N)=O)C1)c1ccccc1. The number of hydrogen-bond acceptors (Lipinski definition) is 3. The molecule has 138 valence electrons. The van der Waals surface area contributed by atoms with Crippen molar-refractivity contribution in [2.45, 2.75) is 44.6 Å². The lowest BCUT2D eigenvalue weighted by molar-refractivity contribution is -0.137. The summed E-state index contributed by atoms with van der Waals surface area (Å²) in [6, 6.07) is 9.88. The van der Waals surface area contributed by atoms with E-state index in [1.165, 1.54) is 0 Å². The molecule has 0 spiro atoms. The van der Waals surface area contributed by atoms with Crippen molar-refractivity contribution in [1.29, 1.82) is 0 Å². The van der Waals surface area contributed by atoms with Gasteiger partial charge in [-0.3, -0.25) is 9.59 Å². The molecule has 1 aliphatic heterocycles. The van der Waals surface area contributed by atoms with Crippen molar-refractivity contribution in [1.82, 2.24) is 14.5 Å². The molecule has 3 rings (SSSR count). The first-order valence-corrected chi connectivity index (χ1v) is 9.04. The number of nitrogens with zero attached hydrogens (tertiary/aromatic N) is 3. The molecule has 6 heteroatoms. The Balaban J connectivity index is 1.77. The molecule has 2 aromatic rings. The van der Waals surface area contributed by atoms with Gasteiger partial charge in [0, 0.05) is 31.4 Å². The summed E-state index contributed by atoms with van der Waals surface area (Å²) in [4.78, 5) is 30.9. The van der Waals surface area contributed by atoms with E-state index >= 15 is 0 Å². The lowest BCUT2D eigenvalue weighted by Gasteiger charge is -2.37. The molecule has 1 atom stereocenters. The summed E-state index contributed by atoms with van der Waals surface area (Å²) in [5, 5.41) is 0. The van der Waals surface area contributed by atoms with Crippen LogP contribution in [0.2, 0.25) is 0 Å². The zero-order chi connectivity index (χ0) is 18.7. The van der Waals surface area contributed by atoms with Crippen LogP contribution in [0, 0.1) is 0 Å². The number of piperidine rings is 1. The maximum absolute atomic E-state index is 13.2. The van der Waals surface area contributed by atoms with Gasteiger partial charge in [-0.2, -0.15) is 0 Å². The van der Waals surface area contributed by atoms with Gasteiger partial charge in [-0.1, -0.05) is 30.3 Å². The van der Waals surface area contributed by atoms with Crippen molar-refractivity contribution in [2.75, 3.05) is 13.1 Å². The van der Waals surface area contributed by atoms with Crippen LogP contribution >= 0.6 is 0 Å². The third-order valence-corrected chi connectivity index (χ3v) is 5.18. The molecule has 2 heterocycles. The van der Waals surface area contributed by atoms with Crippen molar-refractivity contribution in [3.63, 3.8) is 0 Å². The molecule has 2 amide bonds. The van der Waals surface area contributed by atoms with Gasteiger partial charge >= 0.3 is 0 Å². The van der Waals surface area contributed by atoms with E-state index in [9.17, 15) is 9.59 Å². The maximum atomic E-state index is 13.2. The Morgan fingerprint density at radius 1 is 1.27 bits per heavy atom. The highest BCUT2D eigenvalue weighted by Crippen LogP contribution is 2.31. The normalized spacial score (nSPS) is 17.9. The van der Waals surface area contributed by atoms with E-state index < -0.39 is 11.3 Å². The van der Waals surface area contributed by atoms with Gasteiger partial charge in [-0.15, -0.1) is 0 Å². The van der Waals surface area contributed by atoms with Crippen molar-refractivity contribution in [2.24, 2.45) is 5.73 Å². The van der Waals surface area contributed by atoms with Gasteiger partial charge in [0.25, 0.3) is 0 Å². The van der Waals surface area contributed by atoms with Gasteiger partial charge in [0.05, 0.1) is 5.41 Å². The number of aromatic nitrogens is 2. The highest BCUT2D eigenvalue weighted by molar-refractivity contribution is 5.87. The minimum absolute atomic E-state index is 0.119. The topological polar surface area (TPSA) is 81.2 Å². The smallest absolute Gasteiger partial charge is 0.237 e. The van der Waals surface area contributed by atoms with E-state index in [0.29, 0.717) is 6.54 Å². The van der Waals surface area contributed by atoms with Crippen LogP contribution in [0.25, 0.3) is 0 Å². The molecular weight excluding hydrogens is 328 g/mol. The number of hydrogen-bond donors (Lipinski definition) is 1. The molecule has 0 unspecified atom stereocenters. The highest BCUT2D eigenvalue weighted by atomic mass is 16.2. The van der Waals surface area contributed by atoms with Crippen LogP contribution in [0.15, 0.2) is 42.7 Å². The summed E-state index contributed by atoms with van der Waals surface area (Å²) < 4.78 is 1.79. The summed E-state index contributed by atoms with van der Waals surface area (Å²) >= 11 is 0. The number of nitrogens with two attached hydrogens (primary N) is 1. The molecule has 1 fully saturated rings. The monoisotopic (exact) mass is 354 g/mol. The number of carbonyl (C=O) groups excluding carboxylic acids is 2. The molecule has 1 saturated heterocycles. The second kappa shape index (κ2) is 7.32. The van der Waals surface area contributed by atoms with E-state index in [4.69, 9.17) is 5.73 Å². The van der Waals surface area contributed by atoms with Gasteiger partial charge in [0.15, 0.2) is 0 Å². The van der Waals surface area contributed by atoms with E-state index in [1.54, 1.807) is 17.0 Å². The summed E-state index contributed by atoms with van der Waals surface area (Å²) in [6.45, 7) is 5.44. The zero-order valence-electron chi connectivity index (χ0n) is 15.4. The highest BCUT2D eigenvalue weighted by Gasteiger charge is 2.36. The number of amides is 2. The number of carbonyl (C=O) groups is 2. The molecule has 0 bridgehead atoms. The maximum Gasteiger partial charge on any atom is 0.237 e. The van der Waals surface area contributed by atoms with Gasteiger partial charge in [0.1, 0.15) is 12.4 Å². The Labute approximate surface area is 154 Å². The van der Waals surface area contributed by atoms with Crippen LogP contribution in [0.5, 0.6) is 0 Å². The lowest BCUT2D eigenvalue weighted by atomic mass is 9.82. The zero-order valence-corrected chi connectivity index (χ0v) is 15.4. The molecule has 1 aromatic carbocycles. The van der Waals surface area contributed by atoms with E-state index in [1.807, 2.05) is 49.1 Å². The lowest BCUT2D eigenvalue weighted by Crippen LogP contribution is -2.47. The van der Waals surface area contributed by atoms with Crippen LogP contribution in [0.3, 0.4) is 0 Å². The predicted octanol–water partition coefficient (Wildman–Crippen LogP) is 2.05. The number of likely N-dealkylation sites (tertiary alicyclic amines) is 1. The first-order valence-electron chi connectivity index (χ1n) is 9.04. The number of rotatable bonds is 5. The standard InChI is InChI=1S/C20H26N4O2/c1-20(2,16-8-4-3-5-9-16)19(26)24-11-6-7-15(13-24)18-22-10-12-23(18)14-17(21)25/h3-5,8-10,12,15H,6-7,11,13-14H2,1-2H3,(H2,21,25)/t15-/m1/s1. The minimum atomic E-state index is -0.578. The number of imidazole rings is 1. The van der Waals surface area contributed by atoms with E-state index in [2.05, 4.69) is 4.98 Å². The van der Waals surface area contributed by atoms with Crippen LogP contribution < -0.4 is 5.73 Å². The molecule has 1 aliphatic rings. The van der Waals surface area contributed by atoms with Crippen LogP contribution in [0.4, 0.5) is 0 Å². The van der Waals surface area contributed by atoms with Crippen molar-refractivity contribution in [3.05, 3.63) is 54.1 Å². The third-order valence-electron chi connectivity index (χ3n) is 5.18. The average Bonchev–Trinajstić information content (AvgIpc) is 3.09. The Morgan fingerprint density at radius 2 is 2.00 bits per heavy atom. The number of primary amides is 1. The minimum Gasteiger partial charge on any atom is -0.368 e. The second-order valence-corrected chi connectivity index (χ2v) is 7.46. The fourth-order valence-electron chi connectivity index (χ4n) is 3.73. The Hall–Kier alpha value is -2.63. The van der Waals surface area contributed by atoms with Gasteiger partial charge in [-0.25, -0.2) is 4.98 Å². The number of benzene rings is 1. The first-order chi connectivity index (χ1) is 12.4. The van der Waals surface area contributed by atoms with Crippen molar-refractivity contribution < 1.29 is 9.59 Å². The summed E-state index contributed by atoms with van der Waals surface area (Å²) in [5.74, 6) is 0.687. The molecule has 6 nitrogen and oxygen atoms in total. The molecule has 26 heavy (non-hydrogen) atoms. The summed E-state index contributed by atoms with van der Waals surface area (Å²) in [5.41, 5.74) is 5.77. The van der Waals surface area contributed by atoms with Gasteiger partial charge in [-0.05, 0) is 32.3 Å². The van der Waals surface area contributed by atoms with Crippen molar-refractivity contribution >= 4 is 11.8 Å². The third kappa shape index (κ3) is 3.64. The summed E-state index contributed by atoms with van der Waals surface area (Å²) in [7, 11) is 0. The molecule has 0 radical (unpaired) electrons. The van der Waals surface area contributed by atoms with Gasteiger partial charge < -0.3 is 15.2 Å². The summed E-state index contributed by atoms with van der Waals surface area (Å²) in [6.07, 6.45) is 5.33. The van der Waals surface area contributed by atoms with Crippen molar-refractivity contribution in [3.8, 4) is 0 Å². The van der Waals surface area contributed by atoms with Crippen LogP contribution in [-0.4, -0.2) is 39.4 Å². The average molecular weight is 354 g/mol. The molecular formula is C20H26N4O2. The Morgan fingerprint density at radius 3 is 2.69 bits per heavy atom. The molecule has 1 aromatic heterocycles. The quantitative estimate of drug-likeness (QED) is 0.892. The van der Waals surface area contributed by atoms with E-state index in [0.717, 1.165) is 30.8 Å².